The Morgan fingerprint density at radius 2 is 1.69 bits per heavy atom. The molecule has 3 aromatic rings. The number of aliphatic hydroxyl groups is 3. The second-order valence-electron chi connectivity index (χ2n) is 8.08. The van der Waals surface area contributed by atoms with E-state index in [1.54, 1.807) is 0 Å². The van der Waals surface area contributed by atoms with Crippen molar-refractivity contribution in [2.75, 3.05) is 6.61 Å². The van der Waals surface area contributed by atoms with Gasteiger partial charge in [-0.05, 0) is 17.7 Å². The highest BCUT2D eigenvalue weighted by Gasteiger charge is 2.46. The quantitative estimate of drug-likeness (QED) is 0.195. The van der Waals surface area contributed by atoms with Crippen LogP contribution in [0.4, 0.5) is 0 Å². The third kappa shape index (κ3) is 4.23. The van der Waals surface area contributed by atoms with Gasteiger partial charge in [0, 0.05) is 13.0 Å². The molecule has 12 heteroatoms. The maximum Gasteiger partial charge on any atom is 0.302 e. The summed E-state index contributed by atoms with van der Waals surface area (Å²) in [6.45, 7) is 0.617. The van der Waals surface area contributed by atoms with E-state index in [0.717, 1.165) is 31.4 Å². The maximum absolute atomic E-state index is 13.2. The first-order chi connectivity index (χ1) is 16.5. The second-order valence-corrected chi connectivity index (χ2v) is 8.08. The van der Waals surface area contributed by atoms with Crippen molar-refractivity contribution in [3.8, 4) is 34.1 Å². The maximum atomic E-state index is 13.2. The summed E-state index contributed by atoms with van der Waals surface area (Å²) in [4.78, 5) is 24.4. The summed E-state index contributed by atoms with van der Waals surface area (Å²) in [6, 6.07) is 4.59. The fraction of sp³-hybridized carbons (Fsp3) is 0.304. The van der Waals surface area contributed by atoms with Crippen LogP contribution < -0.4 is 5.43 Å². The number of hydrogen-bond acceptors (Lipinski definition) is 12. The molecule has 0 aliphatic carbocycles. The van der Waals surface area contributed by atoms with E-state index in [4.69, 9.17) is 13.9 Å². The predicted octanol–water partition coefficient (Wildman–Crippen LogP) is 0.368. The molecule has 1 fully saturated rings. The van der Waals surface area contributed by atoms with Gasteiger partial charge >= 0.3 is 5.97 Å². The average Bonchev–Trinajstić information content (AvgIpc) is 2.80. The fourth-order valence-corrected chi connectivity index (χ4v) is 3.97. The summed E-state index contributed by atoms with van der Waals surface area (Å²) in [5, 5.41) is 71.4. The molecule has 0 bridgehead atoms. The minimum absolute atomic E-state index is 0.104. The van der Waals surface area contributed by atoms with Crippen molar-refractivity contribution >= 4 is 16.9 Å². The van der Waals surface area contributed by atoms with Crippen molar-refractivity contribution in [3.63, 3.8) is 0 Å². The SMILES string of the molecule is CC(=O)OCC1OC(c2c(O)cc3occ(-c4ccc(O)c(O)c4)c(=O)c3c2O)C(O)C(O)C1O. The van der Waals surface area contributed by atoms with Gasteiger partial charge in [-0.25, -0.2) is 0 Å². The number of ether oxygens (including phenoxy) is 2. The highest BCUT2D eigenvalue weighted by molar-refractivity contribution is 5.90. The molecule has 5 unspecified atom stereocenters. The molecule has 35 heavy (non-hydrogen) atoms. The first kappa shape index (κ1) is 24.3. The van der Waals surface area contributed by atoms with Crippen LogP contribution in [0.3, 0.4) is 0 Å². The molecule has 186 valence electrons. The van der Waals surface area contributed by atoms with Crippen LogP contribution in [0.15, 0.2) is 39.7 Å². The summed E-state index contributed by atoms with van der Waals surface area (Å²) in [5.41, 5.74) is -1.42. The molecule has 5 atom stereocenters. The van der Waals surface area contributed by atoms with Crippen molar-refractivity contribution in [3.05, 3.63) is 46.3 Å². The number of phenols is 4. The van der Waals surface area contributed by atoms with Gasteiger partial charge in [0.2, 0.25) is 5.43 Å². The molecule has 4 rings (SSSR count). The van der Waals surface area contributed by atoms with Crippen molar-refractivity contribution in [1.82, 2.24) is 0 Å². The number of aliphatic hydroxyl groups excluding tert-OH is 3. The highest BCUT2D eigenvalue weighted by atomic mass is 16.6. The van der Waals surface area contributed by atoms with E-state index in [0.29, 0.717) is 0 Å². The predicted molar refractivity (Wildman–Crippen MR) is 117 cm³/mol. The molecule has 1 aliphatic heterocycles. The molecule has 1 aromatic heterocycles. The lowest BCUT2D eigenvalue weighted by molar-refractivity contribution is -0.234. The average molecular weight is 490 g/mol. The smallest absolute Gasteiger partial charge is 0.302 e. The van der Waals surface area contributed by atoms with Crippen molar-refractivity contribution in [1.29, 1.82) is 0 Å². The summed E-state index contributed by atoms with van der Waals surface area (Å²) < 4.78 is 15.8. The Hall–Kier alpha value is -3.84. The minimum Gasteiger partial charge on any atom is -0.507 e. The normalized spacial score (nSPS) is 24.4. The standard InChI is InChI=1S/C23H22O12/c1-8(24)33-7-15-19(29)21(31)22(32)23(35-15)16-13(27)5-14-17(20(16)30)18(28)10(6-34-14)9-2-3-11(25)12(26)4-9/h2-6,15,19,21-23,25-27,29-32H,7H2,1H3. The van der Waals surface area contributed by atoms with Gasteiger partial charge in [0.05, 0.1) is 11.1 Å². The summed E-state index contributed by atoms with van der Waals surface area (Å²) in [5.74, 6) is -3.08. The van der Waals surface area contributed by atoms with Gasteiger partial charge in [-0.1, -0.05) is 6.07 Å². The van der Waals surface area contributed by atoms with Crippen molar-refractivity contribution in [2.45, 2.75) is 37.4 Å². The van der Waals surface area contributed by atoms with Gasteiger partial charge in [-0.15, -0.1) is 0 Å². The fourth-order valence-electron chi connectivity index (χ4n) is 3.97. The number of fused-ring (bicyclic) bond motifs is 1. The Balaban J connectivity index is 1.84. The molecule has 7 N–H and O–H groups in total. The van der Waals surface area contributed by atoms with Crippen LogP contribution in [0.25, 0.3) is 22.1 Å². The molecular formula is C23H22O12. The third-order valence-electron chi connectivity index (χ3n) is 5.79. The van der Waals surface area contributed by atoms with E-state index in [9.17, 15) is 45.3 Å². The first-order valence-corrected chi connectivity index (χ1v) is 10.4. The lowest BCUT2D eigenvalue weighted by Gasteiger charge is -2.40. The van der Waals surface area contributed by atoms with Gasteiger partial charge in [0.15, 0.2) is 11.5 Å². The molecule has 12 nitrogen and oxygen atoms in total. The Morgan fingerprint density at radius 1 is 0.971 bits per heavy atom. The van der Waals surface area contributed by atoms with Crippen LogP contribution in [0.1, 0.15) is 18.6 Å². The minimum atomic E-state index is -1.85. The van der Waals surface area contributed by atoms with Crippen LogP contribution in [0, 0.1) is 0 Å². The summed E-state index contributed by atoms with van der Waals surface area (Å²) in [6.07, 6.45) is -7.26. The molecule has 1 aliphatic rings. The van der Waals surface area contributed by atoms with E-state index in [-0.39, 0.29) is 16.7 Å². The largest absolute Gasteiger partial charge is 0.507 e. The van der Waals surface area contributed by atoms with Crippen LogP contribution in [0.2, 0.25) is 0 Å². The van der Waals surface area contributed by atoms with Crippen molar-refractivity contribution in [2.24, 2.45) is 0 Å². The molecule has 0 saturated carbocycles. The van der Waals surface area contributed by atoms with E-state index < -0.39 is 82.5 Å². The third-order valence-corrected chi connectivity index (χ3v) is 5.79. The Morgan fingerprint density at radius 3 is 2.34 bits per heavy atom. The monoisotopic (exact) mass is 490 g/mol. The van der Waals surface area contributed by atoms with Gasteiger partial charge in [0.25, 0.3) is 0 Å². The number of aromatic hydroxyl groups is 4. The van der Waals surface area contributed by atoms with E-state index in [2.05, 4.69) is 0 Å². The number of rotatable bonds is 4. The Labute approximate surface area is 196 Å². The zero-order valence-corrected chi connectivity index (χ0v) is 18.2. The van der Waals surface area contributed by atoms with Crippen LogP contribution in [-0.2, 0) is 14.3 Å². The van der Waals surface area contributed by atoms with Crippen LogP contribution in [-0.4, -0.2) is 72.7 Å². The van der Waals surface area contributed by atoms with Gasteiger partial charge in [-0.2, -0.15) is 0 Å². The zero-order valence-electron chi connectivity index (χ0n) is 18.2. The molecule has 2 heterocycles. The number of carbonyl (C=O) groups is 1. The zero-order chi connectivity index (χ0) is 25.6. The summed E-state index contributed by atoms with van der Waals surface area (Å²) >= 11 is 0. The lowest BCUT2D eigenvalue weighted by atomic mass is 9.89. The lowest BCUT2D eigenvalue weighted by Crippen LogP contribution is -2.55. The Kier molecular flexibility index (Phi) is 6.30. The second kappa shape index (κ2) is 9.07. The van der Waals surface area contributed by atoms with Crippen LogP contribution >= 0.6 is 0 Å². The number of phenolic OH excluding ortho intramolecular Hbond substituents is 4. The molecule has 2 aromatic carbocycles. The van der Waals surface area contributed by atoms with E-state index in [1.807, 2.05) is 0 Å². The molecular weight excluding hydrogens is 468 g/mol. The molecule has 1 saturated heterocycles. The van der Waals surface area contributed by atoms with Crippen LogP contribution in [0.5, 0.6) is 23.0 Å². The van der Waals surface area contributed by atoms with Gasteiger partial charge in [-0.3, -0.25) is 9.59 Å². The van der Waals surface area contributed by atoms with E-state index in [1.165, 1.54) is 6.07 Å². The Bertz CT molecular complexity index is 1350. The van der Waals surface area contributed by atoms with Gasteiger partial charge in [0.1, 0.15) is 65.9 Å². The summed E-state index contributed by atoms with van der Waals surface area (Å²) in [7, 11) is 0. The first-order valence-electron chi connectivity index (χ1n) is 10.4. The molecule has 0 amide bonds. The highest BCUT2D eigenvalue weighted by Crippen LogP contribution is 2.44. The van der Waals surface area contributed by atoms with Gasteiger partial charge < -0.3 is 49.6 Å². The number of esters is 1. The number of hydrogen-bond donors (Lipinski definition) is 7. The number of carbonyl (C=O) groups excluding carboxylic acids is 1. The van der Waals surface area contributed by atoms with Crippen molar-refractivity contribution < 1.29 is 54.4 Å². The topological polar surface area (TPSA) is 207 Å². The molecule has 0 radical (unpaired) electrons. The molecule has 0 spiro atoms. The number of benzene rings is 2. The van der Waals surface area contributed by atoms with E-state index >= 15 is 0 Å².